The number of ether oxygens (including phenoxy) is 1. The molecule has 0 atom stereocenters. The zero-order valence-corrected chi connectivity index (χ0v) is 11.3. The van der Waals surface area contributed by atoms with Gasteiger partial charge in [-0.25, -0.2) is 0 Å². The molecule has 0 fully saturated rings. The van der Waals surface area contributed by atoms with E-state index in [2.05, 4.69) is 10.1 Å². The van der Waals surface area contributed by atoms with Gasteiger partial charge in [-0.3, -0.25) is 4.79 Å². The number of amides is 1. The molecule has 0 bridgehead atoms. The molecule has 1 aromatic rings. The smallest absolute Gasteiger partial charge is 0.387 e. The van der Waals surface area contributed by atoms with Crippen molar-refractivity contribution in [3.63, 3.8) is 0 Å². The lowest BCUT2D eigenvalue weighted by Crippen LogP contribution is -2.22. The van der Waals surface area contributed by atoms with E-state index in [4.69, 9.17) is 5.73 Å². The van der Waals surface area contributed by atoms with E-state index in [1.165, 1.54) is 12.1 Å². The van der Waals surface area contributed by atoms with Gasteiger partial charge < -0.3 is 15.8 Å². The minimum absolute atomic E-state index is 0.0186. The van der Waals surface area contributed by atoms with Gasteiger partial charge in [0.2, 0.25) is 5.91 Å². The molecule has 112 valence electrons. The highest BCUT2D eigenvalue weighted by Gasteiger charge is 2.04. The topological polar surface area (TPSA) is 64.4 Å². The maximum atomic E-state index is 12.0. The van der Waals surface area contributed by atoms with E-state index in [0.29, 0.717) is 19.5 Å². The van der Waals surface area contributed by atoms with Gasteiger partial charge >= 0.3 is 6.61 Å². The average Bonchev–Trinajstić information content (AvgIpc) is 2.42. The highest BCUT2D eigenvalue weighted by atomic mass is 19.3. The van der Waals surface area contributed by atoms with Crippen molar-refractivity contribution in [1.82, 2.24) is 5.32 Å². The van der Waals surface area contributed by atoms with Gasteiger partial charge in [0.05, 0.1) is 0 Å². The number of alkyl halides is 2. The summed E-state index contributed by atoms with van der Waals surface area (Å²) in [4.78, 5) is 11.5. The number of unbranched alkanes of at least 4 members (excludes halogenated alkanes) is 2. The fraction of sp³-hybridized carbons (Fsp3) is 0.500. The second-order valence-electron chi connectivity index (χ2n) is 4.40. The van der Waals surface area contributed by atoms with E-state index in [-0.39, 0.29) is 11.7 Å². The molecule has 20 heavy (non-hydrogen) atoms. The lowest BCUT2D eigenvalue weighted by Gasteiger charge is -2.07. The summed E-state index contributed by atoms with van der Waals surface area (Å²) in [5.74, 6) is 0.0896. The van der Waals surface area contributed by atoms with Crippen LogP contribution in [0.5, 0.6) is 5.75 Å². The van der Waals surface area contributed by atoms with Crippen molar-refractivity contribution in [2.75, 3.05) is 6.54 Å². The summed E-state index contributed by atoms with van der Waals surface area (Å²) in [6, 6.07) is 6.20. The molecule has 0 aliphatic carbocycles. The first kappa shape index (κ1) is 16.4. The summed E-state index contributed by atoms with van der Waals surface area (Å²) in [6.07, 6.45) is 3.18. The molecule has 0 unspecified atom stereocenters. The van der Waals surface area contributed by atoms with E-state index in [0.717, 1.165) is 24.8 Å². The molecule has 0 aliphatic rings. The Morgan fingerprint density at radius 2 is 1.90 bits per heavy atom. The molecule has 0 radical (unpaired) electrons. The number of hydrogen-bond donors (Lipinski definition) is 2. The summed E-state index contributed by atoms with van der Waals surface area (Å²) >= 11 is 0. The first-order valence-electron chi connectivity index (χ1n) is 6.62. The van der Waals surface area contributed by atoms with E-state index in [9.17, 15) is 13.6 Å². The van der Waals surface area contributed by atoms with Gasteiger partial charge in [-0.15, -0.1) is 0 Å². The second kappa shape index (κ2) is 9.25. The van der Waals surface area contributed by atoms with E-state index < -0.39 is 6.61 Å². The molecule has 1 aromatic carbocycles. The molecular weight excluding hydrogens is 266 g/mol. The maximum Gasteiger partial charge on any atom is 0.387 e. The summed E-state index contributed by atoms with van der Waals surface area (Å²) in [5.41, 5.74) is 6.20. The molecule has 4 nitrogen and oxygen atoms in total. The van der Waals surface area contributed by atoms with Crippen LogP contribution in [0.1, 0.15) is 31.2 Å². The normalized spacial score (nSPS) is 10.6. The van der Waals surface area contributed by atoms with Crippen molar-refractivity contribution in [3.05, 3.63) is 29.8 Å². The maximum absolute atomic E-state index is 12.0. The highest BCUT2D eigenvalue weighted by molar-refractivity contribution is 5.75. The van der Waals surface area contributed by atoms with Crippen molar-refractivity contribution in [2.24, 2.45) is 5.73 Å². The SMILES string of the molecule is NCCCCCC(=O)NCc1ccc(OC(F)F)cc1. The minimum Gasteiger partial charge on any atom is -0.435 e. The number of halogens is 2. The van der Waals surface area contributed by atoms with Crippen molar-refractivity contribution < 1.29 is 18.3 Å². The van der Waals surface area contributed by atoms with Gasteiger partial charge in [-0.1, -0.05) is 18.6 Å². The van der Waals surface area contributed by atoms with Crippen molar-refractivity contribution in [3.8, 4) is 5.75 Å². The van der Waals surface area contributed by atoms with Crippen LogP contribution in [0.25, 0.3) is 0 Å². The van der Waals surface area contributed by atoms with Crippen LogP contribution in [-0.2, 0) is 11.3 Å². The standard InChI is InChI=1S/C14H20F2N2O2/c15-14(16)20-12-7-5-11(6-8-12)10-18-13(19)4-2-1-3-9-17/h5-8,14H,1-4,9-10,17H2,(H,18,19). The van der Waals surface area contributed by atoms with Crippen LogP contribution in [0.3, 0.4) is 0 Å². The predicted molar refractivity (Wildman–Crippen MR) is 72.4 cm³/mol. The van der Waals surface area contributed by atoms with Gasteiger partial charge in [0.1, 0.15) is 5.75 Å². The Kier molecular flexibility index (Phi) is 7.57. The number of carbonyl (C=O) groups is 1. The van der Waals surface area contributed by atoms with Gasteiger partial charge in [-0.05, 0) is 37.1 Å². The molecule has 6 heteroatoms. The number of benzene rings is 1. The zero-order chi connectivity index (χ0) is 14.8. The Hall–Kier alpha value is -1.69. The minimum atomic E-state index is -2.82. The molecule has 1 amide bonds. The van der Waals surface area contributed by atoms with Gasteiger partial charge in [0, 0.05) is 13.0 Å². The largest absolute Gasteiger partial charge is 0.435 e. The van der Waals surface area contributed by atoms with E-state index in [1.54, 1.807) is 12.1 Å². The summed E-state index contributed by atoms with van der Waals surface area (Å²) in [7, 11) is 0. The Morgan fingerprint density at radius 3 is 2.50 bits per heavy atom. The van der Waals surface area contributed by atoms with Crippen LogP contribution in [0.4, 0.5) is 8.78 Å². The van der Waals surface area contributed by atoms with Crippen molar-refractivity contribution >= 4 is 5.91 Å². The number of carbonyl (C=O) groups excluding carboxylic acids is 1. The Morgan fingerprint density at radius 1 is 1.20 bits per heavy atom. The Labute approximate surface area is 117 Å². The number of hydrogen-bond acceptors (Lipinski definition) is 3. The fourth-order valence-corrected chi connectivity index (χ4v) is 1.68. The molecule has 0 spiro atoms. The quantitative estimate of drug-likeness (QED) is 0.685. The lowest BCUT2D eigenvalue weighted by atomic mass is 10.2. The molecule has 0 saturated carbocycles. The van der Waals surface area contributed by atoms with Crippen molar-refractivity contribution in [2.45, 2.75) is 38.8 Å². The molecule has 3 N–H and O–H groups in total. The monoisotopic (exact) mass is 286 g/mol. The van der Waals surface area contributed by atoms with Crippen molar-refractivity contribution in [1.29, 1.82) is 0 Å². The Bertz CT molecular complexity index is 397. The first-order valence-corrected chi connectivity index (χ1v) is 6.62. The second-order valence-corrected chi connectivity index (χ2v) is 4.40. The molecule has 0 aliphatic heterocycles. The summed E-state index contributed by atoms with van der Waals surface area (Å²) in [5, 5.41) is 2.78. The van der Waals surface area contributed by atoms with Gasteiger partial charge in [0.15, 0.2) is 0 Å². The lowest BCUT2D eigenvalue weighted by molar-refractivity contribution is -0.121. The first-order chi connectivity index (χ1) is 9.61. The fourth-order valence-electron chi connectivity index (χ4n) is 1.68. The van der Waals surface area contributed by atoms with Crippen LogP contribution < -0.4 is 15.8 Å². The third-order valence-corrected chi connectivity index (χ3v) is 2.75. The predicted octanol–water partition coefficient (Wildman–Crippen LogP) is 2.42. The van der Waals surface area contributed by atoms with Gasteiger partial charge in [-0.2, -0.15) is 8.78 Å². The average molecular weight is 286 g/mol. The van der Waals surface area contributed by atoms with Crippen LogP contribution in [0, 0.1) is 0 Å². The van der Waals surface area contributed by atoms with E-state index in [1.807, 2.05) is 0 Å². The third-order valence-electron chi connectivity index (χ3n) is 2.75. The highest BCUT2D eigenvalue weighted by Crippen LogP contribution is 2.14. The molecule has 0 heterocycles. The van der Waals surface area contributed by atoms with Gasteiger partial charge in [0.25, 0.3) is 0 Å². The molecule has 1 rings (SSSR count). The molecular formula is C14H20F2N2O2. The molecule has 0 saturated heterocycles. The zero-order valence-electron chi connectivity index (χ0n) is 11.3. The number of nitrogens with two attached hydrogens (primary N) is 1. The van der Waals surface area contributed by atoms with Crippen LogP contribution in [-0.4, -0.2) is 19.1 Å². The van der Waals surface area contributed by atoms with E-state index >= 15 is 0 Å². The summed E-state index contributed by atoms with van der Waals surface area (Å²) < 4.78 is 28.2. The third kappa shape index (κ3) is 7.04. The van der Waals surface area contributed by atoms with Crippen LogP contribution in [0.2, 0.25) is 0 Å². The Balaban J connectivity index is 2.25. The molecule has 0 aromatic heterocycles. The van der Waals surface area contributed by atoms with Crippen LogP contribution in [0.15, 0.2) is 24.3 Å². The van der Waals surface area contributed by atoms with Crippen LogP contribution >= 0.6 is 0 Å². The number of nitrogens with one attached hydrogen (secondary N) is 1. The number of rotatable bonds is 9. The summed E-state index contributed by atoms with van der Waals surface area (Å²) in [6.45, 7) is -1.80.